The van der Waals surface area contributed by atoms with Gasteiger partial charge in [0.05, 0.1) is 0 Å². The van der Waals surface area contributed by atoms with Crippen LogP contribution in [-0.4, -0.2) is 25.0 Å². The van der Waals surface area contributed by atoms with Crippen molar-refractivity contribution in [2.24, 2.45) is 11.7 Å². The summed E-state index contributed by atoms with van der Waals surface area (Å²) in [5.74, 6) is 1.17. The van der Waals surface area contributed by atoms with Crippen LogP contribution in [0.25, 0.3) is 0 Å². The molecule has 0 aliphatic heterocycles. The molecule has 96 valence electrons. The van der Waals surface area contributed by atoms with Crippen molar-refractivity contribution < 1.29 is 0 Å². The quantitative estimate of drug-likeness (QED) is 0.820. The van der Waals surface area contributed by atoms with Crippen LogP contribution in [0.15, 0.2) is 24.3 Å². The highest BCUT2D eigenvalue weighted by atomic mass is 15.1. The monoisotopic (exact) mass is 234 g/mol. The van der Waals surface area contributed by atoms with Crippen LogP contribution in [0.5, 0.6) is 0 Å². The van der Waals surface area contributed by atoms with Gasteiger partial charge in [0.25, 0.3) is 0 Å². The molecule has 0 saturated carbocycles. The normalized spacial score (nSPS) is 13.4. The first kappa shape index (κ1) is 14.2. The zero-order chi connectivity index (χ0) is 12.8. The zero-order valence-electron chi connectivity index (χ0n) is 11.6. The Hall–Kier alpha value is -0.860. The predicted molar refractivity (Wildman–Crippen MR) is 75.1 cm³/mol. The topological polar surface area (TPSA) is 29.3 Å². The molecule has 1 atom stereocenters. The fraction of sp³-hybridized carbons (Fsp3) is 0.600. The van der Waals surface area contributed by atoms with E-state index in [2.05, 4.69) is 57.0 Å². The van der Waals surface area contributed by atoms with Gasteiger partial charge in [-0.2, -0.15) is 0 Å². The highest BCUT2D eigenvalue weighted by molar-refractivity contribution is 5.25. The van der Waals surface area contributed by atoms with Crippen molar-refractivity contribution in [2.75, 3.05) is 20.1 Å². The average Bonchev–Trinajstić information content (AvgIpc) is 2.28. The lowest BCUT2D eigenvalue weighted by Gasteiger charge is -2.19. The molecule has 0 heterocycles. The fourth-order valence-corrected chi connectivity index (χ4v) is 2.09. The Morgan fingerprint density at radius 2 is 1.71 bits per heavy atom. The molecule has 1 aromatic rings. The molecule has 2 nitrogen and oxygen atoms in total. The molecule has 1 unspecified atom stereocenters. The predicted octanol–water partition coefficient (Wildman–Crippen LogP) is 2.84. The Labute approximate surface area is 106 Å². The van der Waals surface area contributed by atoms with Gasteiger partial charge in [0.1, 0.15) is 0 Å². The molecule has 2 heteroatoms. The van der Waals surface area contributed by atoms with Crippen LogP contribution in [-0.2, 0) is 6.54 Å². The number of nitrogens with two attached hydrogens (primary N) is 1. The number of benzene rings is 1. The van der Waals surface area contributed by atoms with E-state index >= 15 is 0 Å². The van der Waals surface area contributed by atoms with Crippen molar-refractivity contribution in [3.05, 3.63) is 35.4 Å². The third kappa shape index (κ3) is 4.88. The van der Waals surface area contributed by atoms with E-state index in [0.717, 1.165) is 19.0 Å². The average molecular weight is 234 g/mol. The summed E-state index contributed by atoms with van der Waals surface area (Å²) in [5, 5.41) is 0. The lowest BCUT2D eigenvalue weighted by Crippen LogP contribution is -2.22. The minimum Gasteiger partial charge on any atom is -0.330 e. The van der Waals surface area contributed by atoms with Crippen LogP contribution in [0.3, 0.4) is 0 Å². The molecule has 17 heavy (non-hydrogen) atoms. The third-order valence-corrected chi connectivity index (χ3v) is 3.03. The Morgan fingerprint density at radius 1 is 1.12 bits per heavy atom. The minimum absolute atomic E-state index is 0.456. The Balaban J connectivity index is 2.56. The Bertz CT molecular complexity index is 316. The molecular formula is C15H26N2. The molecule has 0 amide bonds. The van der Waals surface area contributed by atoms with Crippen molar-refractivity contribution >= 4 is 0 Å². The van der Waals surface area contributed by atoms with E-state index in [9.17, 15) is 0 Å². The van der Waals surface area contributed by atoms with Crippen molar-refractivity contribution in [3.63, 3.8) is 0 Å². The summed E-state index contributed by atoms with van der Waals surface area (Å²) in [4.78, 5) is 2.37. The molecule has 2 N–H and O–H groups in total. The van der Waals surface area contributed by atoms with E-state index < -0.39 is 0 Å². The van der Waals surface area contributed by atoms with Gasteiger partial charge in [-0.15, -0.1) is 0 Å². The van der Waals surface area contributed by atoms with Crippen molar-refractivity contribution in [1.82, 2.24) is 4.90 Å². The van der Waals surface area contributed by atoms with Gasteiger partial charge in [0, 0.05) is 13.1 Å². The minimum atomic E-state index is 0.456. The molecule has 0 fully saturated rings. The Morgan fingerprint density at radius 3 is 2.18 bits per heavy atom. The third-order valence-electron chi connectivity index (χ3n) is 3.03. The van der Waals surface area contributed by atoms with Crippen LogP contribution in [0.1, 0.15) is 37.8 Å². The van der Waals surface area contributed by atoms with E-state index in [-0.39, 0.29) is 0 Å². The summed E-state index contributed by atoms with van der Waals surface area (Å²) in [6, 6.07) is 8.85. The van der Waals surface area contributed by atoms with E-state index in [4.69, 9.17) is 5.73 Å². The molecule has 0 radical (unpaired) electrons. The summed E-state index contributed by atoms with van der Waals surface area (Å²) in [6.45, 7) is 9.55. The largest absolute Gasteiger partial charge is 0.330 e. The molecule has 1 aromatic carbocycles. The molecule has 0 aromatic heterocycles. The summed E-state index contributed by atoms with van der Waals surface area (Å²) in [6.07, 6.45) is 0. The van der Waals surface area contributed by atoms with Crippen molar-refractivity contribution in [3.8, 4) is 0 Å². The molecule has 0 bridgehead atoms. The lowest BCUT2D eigenvalue weighted by molar-refractivity contribution is 0.288. The van der Waals surface area contributed by atoms with Crippen LogP contribution in [0.4, 0.5) is 0 Å². The van der Waals surface area contributed by atoms with Gasteiger partial charge >= 0.3 is 0 Å². The highest BCUT2D eigenvalue weighted by Gasteiger charge is 2.05. The van der Waals surface area contributed by atoms with E-state index in [1.165, 1.54) is 11.1 Å². The number of hydrogen-bond donors (Lipinski definition) is 1. The first-order chi connectivity index (χ1) is 8.02. The number of hydrogen-bond acceptors (Lipinski definition) is 2. The maximum Gasteiger partial charge on any atom is 0.0230 e. The molecule has 0 aliphatic carbocycles. The van der Waals surface area contributed by atoms with E-state index in [1.807, 2.05) is 0 Å². The van der Waals surface area contributed by atoms with Gasteiger partial charge in [0.2, 0.25) is 0 Å². The summed E-state index contributed by atoms with van der Waals surface area (Å²) in [5.41, 5.74) is 8.38. The number of nitrogens with zero attached hydrogens (tertiary/aromatic N) is 1. The van der Waals surface area contributed by atoms with Crippen LogP contribution in [0.2, 0.25) is 0 Å². The van der Waals surface area contributed by atoms with Gasteiger partial charge in [0.15, 0.2) is 0 Å². The summed E-state index contributed by atoms with van der Waals surface area (Å²) < 4.78 is 0. The lowest BCUT2D eigenvalue weighted by atomic mass is 10.00. The number of rotatable bonds is 6. The molecule has 0 aliphatic rings. The van der Waals surface area contributed by atoms with Gasteiger partial charge in [-0.3, -0.25) is 0 Å². The zero-order valence-corrected chi connectivity index (χ0v) is 11.6. The summed E-state index contributed by atoms with van der Waals surface area (Å²) >= 11 is 0. The highest BCUT2D eigenvalue weighted by Crippen LogP contribution is 2.15. The first-order valence-electron chi connectivity index (χ1n) is 6.50. The van der Waals surface area contributed by atoms with Crippen LogP contribution in [0, 0.1) is 5.92 Å². The molecule has 0 saturated heterocycles. The summed E-state index contributed by atoms with van der Waals surface area (Å²) in [7, 11) is 2.18. The molecule has 1 rings (SSSR count). The SMILES string of the molecule is CC(C)CN(C)Cc1ccc(C(C)CN)cc1. The van der Waals surface area contributed by atoms with Crippen LogP contribution >= 0.6 is 0 Å². The van der Waals surface area contributed by atoms with Gasteiger partial charge < -0.3 is 10.6 Å². The van der Waals surface area contributed by atoms with E-state index in [0.29, 0.717) is 12.5 Å². The second-order valence-corrected chi connectivity index (χ2v) is 5.47. The smallest absolute Gasteiger partial charge is 0.0230 e. The van der Waals surface area contributed by atoms with Crippen LogP contribution < -0.4 is 5.73 Å². The molecule has 0 spiro atoms. The maximum atomic E-state index is 5.67. The van der Waals surface area contributed by atoms with E-state index in [1.54, 1.807) is 0 Å². The second kappa shape index (κ2) is 6.77. The standard InChI is InChI=1S/C15H26N2/c1-12(2)10-17(4)11-14-5-7-15(8-6-14)13(3)9-16/h5-8,12-13H,9-11,16H2,1-4H3. The Kier molecular flexibility index (Phi) is 5.66. The van der Waals surface area contributed by atoms with Gasteiger partial charge in [-0.25, -0.2) is 0 Å². The first-order valence-corrected chi connectivity index (χ1v) is 6.50. The molecular weight excluding hydrogens is 208 g/mol. The maximum absolute atomic E-state index is 5.67. The van der Waals surface area contributed by atoms with Gasteiger partial charge in [-0.05, 0) is 36.6 Å². The fourth-order valence-electron chi connectivity index (χ4n) is 2.09. The van der Waals surface area contributed by atoms with Gasteiger partial charge in [-0.1, -0.05) is 45.0 Å². The second-order valence-electron chi connectivity index (χ2n) is 5.47. The van der Waals surface area contributed by atoms with Crippen molar-refractivity contribution in [2.45, 2.75) is 33.2 Å². The van der Waals surface area contributed by atoms with Crippen molar-refractivity contribution in [1.29, 1.82) is 0 Å².